The van der Waals surface area contributed by atoms with E-state index in [9.17, 15) is 0 Å². The van der Waals surface area contributed by atoms with Gasteiger partial charge >= 0.3 is 0 Å². The van der Waals surface area contributed by atoms with Crippen LogP contribution in [0, 0.1) is 22.2 Å². The van der Waals surface area contributed by atoms with E-state index in [0.29, 0.717) is 16.2 Å². The zero-order chi connectivity index (χ0) is 13.2. The predicted molar refractivity (Wildman–Crippen MR) is 75.7 cm³/mol. The minimum atomic E-state index is 0.412. The first-order valence-corrected chi connectivity index (χ1v) is 6.96. The molecule has 0 aromatic rings. The molecule has 0 aliphatic heterocycles. The molecule has 0 spiro atoms. The second-order valence-electron chi connectivity index (χ2n) is 7.81. The van der Waals surface area contributed by atoms with Crippen LogP contribution in [0.5, 0.6) is 0 Å². The summed E-state index contributed by atoms with van der Waals surface area (Å²) in [4.78, 5) is 0. The first-order chi connectivity index (χ1) is 6.96. The minimum Gasteiger partial charge on any atom is -0.0648 e. The Kier molecular flexibility index (Phi) is 5.10. The van der Waals surface area contributed by atoms with Gasteiger partial charge in [0, 0.05) is 0 Å². The summed E-state index contributed by atoms with van der Waals surface area (Å²) in [5.41, 5.74) is 1.36. The highest BCUT2D eigenvalue weighted by Gasteiger charge is 2.37. The molecule has 0 aliphatic carbocycles. The van der Waals surface area contributed by atoms with Crippen LogP contribution in [0.25, 0.3) is 0 Å². The molecule has 16 heavy (non-hydrogen) atoms. The number of hydrogen-bond acceptors (Lipinski definition) is 0. The van der Waals surface area contributed by atoms with Crippen molar-refractivity contribution in [3.63, 3.8) is 0 Å². The van der Waals surface area contributed by atoms with Crippen LogP contribution in [-0.4, -0.2) is 0 Å². The molecule has 0 saturated heterocycles. The Morgan fingerprint density at radius 2 is 1.25 bits per heavy atom. The molecule has 0 saturated carbocycles. The van der Waals surface area contributed by atoms with Crippen molar-refractivity contribution in [2.24, 2.45) is 22.2 Å². The van der Waals surface area contributed by atoms with Gasteiger partial charge in [-0.2, -0.15) is 0 Å². The van der Waals surface area contributed by atoms with E-state index < -0.39 is 0 Å². The molecule has 98 valence electrons. The summed E-state index contributed by atoms with van der Waals surface area (Å²) < 4.78 is 0. The summed E-state index contributed by atoms with van der Waals surface area (Å²) in [5, 5.41) is 0. The Morgan fingerprint density at radius 3 is 1.50 bits per heavy atom. The van der Waals surface area contributed by atoms with E-state index in [-0.39, 0.29) is 0 Å². The Morgan fingerprint density at radius 1 is 0.812 bits per heavy atom. The fourth-order valence-electron chi connectivity index (χ4n) is 1.97. The van der Waals surface area contributed by atoms with Crippen molar-refractivity contribution >= 4 is 0 Å². The lowest BCUT2D eigenvalue weighted by molar-refractivity contribution is 0.0643. The van der Waals surface area contributed by atoms with Gasteiger partial charge in [0.25, 0.3) is 0 Å². The van der Waals surface area contributed by atoms with Crippen LogP contribution >= 0.6 is 0 Å². The SMILES string of the molecule is CCC(C)(CCC(C)(C)C(C)C)C(C)(C)C. The summed E-state index contributed by atoms with van der Waals surface area (Å²) in [6.07, 6.45) is 3.97. The summed E-state index contributed by atoms with van der Waals surface area (Å²) in [6.45, 7) is 21.5. The van der Waals surface area contributed by atoms with Crippen molar-refractivity contribution in [1.29, 1.82) is 0 Å². The molecule has 1 atom stereocenters. The monoisotopic (exact) mass is 226 g/mol. The average molecular weight is 226 g/mol. The predicted octanol–water partition coefficient (Wildman–Crippen LogP) is 5.91. The third-order valence-electron chi connectivity index (χ3n) is 5.48. The highest BCUT2D eigenvalue weighted by molar-refractivity contribution is 4.87. The van der Waals surface area contributed by atoms with Gasteiger partial charge in [0.15, 0.2) is 0 Å². The van der Waals surface area contributed by atoms with E-state index in [0.717, 1.165) is 5.92 Å². The molecule has 0 heterocycles. The maximum absolute atomic E-state index is 2.46. The number of rotatable bonds is 5. The lowest BCUT2D eigenvalue weighted by atomic mass is 9.61. The normalized spacial score (nSPS) is 17.6. The summed E-state index contributed by atoms with van der Waals surface area (Å²) in [7, 11) is 0. The molecule has 0 radical (unpaired) electrons. The molecule has 0 rings (SSSR count). The third kappa shape index (κ3) is 3.79. The lowest BCUT2D eigenvalue weighted by Crippen LogP contribution is -2.34. The van der Waals surface area contributed by atoms with E-state index in [1.54, 1.807) is 0 Å². The van der Waals surface area contributed by atoms with Gasteiger partial charge in [-0.05, 0) is 35.0 Å². The second-order valence-corrected chi connectivity index (χ2v) is 7.81. The minimum absolute atomic E-state index is 0.412. The molecular formula is C16H34. The fourth-order valence-corrected chi connectivity index (χ4v) is 1.97. The van der Waals surface area contributed by atoms with E-state index >= 15 is 0 Å². The van der Waals surface area contributed by atoms with Gasteiger partial charge in [0.05, 0.1) is 0 Å². The standard InChI is InChI=1S/C16H34/c1-10-16(9,14(4,5)6)12-11-15(7,8)13(2)3/h13H,10-12H2,1-9H3. The van der Waals surface area contributed by atoms with Crippen molar-refractivity contribution in [3.8, 4) is 0 Å². The molecule has 0 bridgehead atoms. The van der Waals surface area contributed by atoms with Crippen molar-refractivity contribution in [2.75, 3.05) is 0 Å². The van der Waals surface area contributed by atoms with Crippen LogP contribution in [0.15, 0.2) is 0 Å². The van der Waals surface area contributed by atoms with Crippen molar-refractivity contribution in [3.05, 3.63) is 0 Å². The van der Waals surface area contributed by atoms with E-state index in [2.05, 4.69) is 62.3 Å². The van der Waals surface area contributed by atoms with Crippen LogP contribution in [0.1, 0.15) is 81.6 Å². The summed E-state index contributed by atoms with van der Waals surface area (Å²) in [6, 6.07) is 0. The first kappa shape index (κ1) is 16.0. The second kappa shape index (κ2) is 5.10. The maximum atomic E-state index is 2.46. The topological polar surface area (TPSA) is 0 Å². The van der Waals surface area contributed by atoms with Crippen molar-refractivity contribution in [1.82, 2.24) is 0 Å². The van der Waals surface area contributed by atoms with Crippen LogP contribution in [-0.2, 0) is 0 Å². The zero-order valence-electron chi connectivity index (χ0n) is 13.2. The number of hydrogen-bond donors (Lipinski definition) is 0. The Labute approximate surface area is 104 Å². The molecule has 0 fully saturated rings. The highest BCUT2D eigenvalue weighted by Crippen LogP contribution is 2.47. The molecule has 0 aromatic carbocycles. The molecule has 0 nitrogen and oxygen atoms in total. The van der Waals surface area contributed by atoms with Crippen LogP contribution < -0.4 is 0 Å². The highest BCUT2D eigenvalue weighted by atomic mass is 14.4. The van der Waals surface area contributed by atoms with Gasteiger partial charge in [-0.25, -0.2) is 0 Å². The molecular weight excluding hydrogens is 192 g/mol. The quantitative estimate of drug-likeness (QED) is 0.546. The Balaban J connectivity index is 4.60. The van der Waals surface area contributed by atoms with Crippen LogP contribution in [0.3, 0.4) is 0 Å². The van der Waals surface area contributed by atoms with Gasteiger partial charge in [0.2, 0.25) is 0 Å². The first-order valence-electron chi connectivity index (χ1n) is 6.96. The zero-order valence-corrected chi connectivity index (χ0v) is 13.2. The largest absolute Gasteiger partial charge is 0.0648 e. The Bertz CT molecular complexity index is 205. The summed E-state index contributed by atoms with van der Waals surface area (Å²) in [5.74, 6) is 0.772. The average Bonchev–Trinajstić information content (AvgIpc) is 2.12. The van der Waals surface area contributed by atoms with Gasteiger partial charge in [-0.15, -0.1) is 0 Å². The van der Waals surface area contributed by atoms with E-state index in [4.69, 9.17) is 0 Å². The van der Waals surface area contributed by atoms with E-state index in [1.165, 1.54) is 19.3 Å². The molecule has 0 heteroatoms. The van der Waals surface area contributed by atoms with Gasteiger partial charge in [-0.1, -0.05) is 68.7 Å². The Hall–Kier alpha value is 0. The van der Waals surface area contributed by atoms with Crippen molar-refractivity contribution in [2.45, 2.75) is 81.6 Å². The van der Waals surface area contributed by atoms with E-state index in [1.807, 2.05) is 0 Å². The smallest absolute Gasteiger partial charge is 0.0280 e. The van der Waals surface area contributed by atoms with Gasteiger partial charge < -0.3 is 0 Å². The summed E-state index contributed by atoms with van der Waals surface area (Å²) >= 11 is 0. The van der Waals surface area contributed by atoms with Gasteiger partial charge in [-0.3, -0.25) is 0 Å². The molecule has 0 aliphatic rings. The van der Waals surface area contributed by atoms with Gasteiger partial charge in [0.1, 0.15) is 0 Å². The molecule has 0 amide bonds. The molecule has 0 aromatic heterocycles. The van der Waals surface area contributed by atoms with Crippen LogP contribution in [0.2, 0.25) is 0 Å². The van der Waals surface area contributed by atoms with Crippen LogP contribution in [0.4, 0.5) is 0 Å². The van der Waals surface area contributed by atoms with Crippen molar-refractivity contribution < 1.29 is 0 Å². The maximum Gasteiger partial charge on any atom is -0.0280 e. The lowest BCUT2D eigenvalue weighted by Gasteiger charge is -2.44. The fraction of sp³-hybridized carbons (Fsp3) is 1.00. The third-order valence-corrected chi connectivity index (χ3v) is 5.48. The molecule has 0 N–H and O–H groups in total. The molecule has 1 unspecified atom stereocenters.